The van der Waals surface area contributed by atoms with E-state index in [1.807, 2.05) is 54.6 Å². The first-order valence-corrected chi connectivity index (χ1v) is 7.94. The van der Waals surface area contributed by atoms with Crippen molar-refractivity contribution >= 4 is 33.7 Å². The zero-order valence-electron chi connectivity index (χ0n) is 12.6. The molecule has 0 spiro atoms. The maximum absolute atomic E-state index is 11.8. The monoisotopic (exact) mass is 358 g/mol. The normalized spacial score (nSPS) is 10.9. The van der Waals surface area contributed by atoms with Crippen molar-refractivity contribution in [3.8, 4) is 0 Å². The number of halogens is 1. The van der Waals surface area contributed by atoms with Crippen molar-refractivity contribution in [1.29, 1.82) is 0 Å². The van der Waals surface area contributed by atoms with Gasteiger partial charge in [-0.2, -0.15) is 0 Å². The zero-order chi connectivity index (χ0) is 15.9. The molecule has 0 unspecified atom stereocenters. The third kappa shape index (κ3) is 4.74. The van der Waals surface area contributed by atoms with Crippen molar-refractivity contribution < 1.29 is 4.79 Å². The van der Waals surface area contributed by atoms with Crippen molar-refractivity contribution in [2.24, 2.45) is 0 Å². The minimum Gasteiger partial charge on any atom is -0.314 e. The molecule has 4 heteroatoms. The molecule has 3 nitrogen and oxygen atoms in total. The van der Waals surface area contributed by atoms with Gasteiger partial charge in [0, 0.05) is 16.4 Å². The van der Waals surface area contributed by atoms with Crippen LogP contribution in [0.1, 0.15) is 30.9 Å². The van der Waals surface area contributed by atoms with Crippen LogP contribution in [0.25, 0.3) is 6.08 Å². The topological polar surface area (TPSA) is 41.1 Å². The summed E-state index contributed by atoms with van der Waals surface area (Å²) in [4.78, 5) is 11.8. The molecule has 0 radical (unpaired) electrons. The van der Waals surface area contributed by atoms with Crippen LogP contribution in [-0.2, 0) is 0 Å². The zero-order valence-corrected chi connectivity index (χ0v) is 14.2. The standard InChI is InChI=1S/C18H19BrN2O/c1-13(2)14-7-9-16(10-8-14)21-18(22)20-12-11-15-5-3-4-6-17(15)19/h3-13H,1-2H3,(H2,20,21,22)/b12-11+. The van der Waals surface area contributed by atoms with Gasteiger partial charge < -0.3 is 10.6 Å². The number of benzene rings is 2. The van der Waals surface area contributed by atoms with Gasteiger partial charge >= 0.3 is 6.03 Å². The Morgan fingerprint density at radius 3 is 2.41 bits per heavy atom. The van der Waals surface area contributed by atoms with E-state index < -0.39 is 0 Å². The number of urea groups is 1. The Morgan fingerprint density at radius 1 is 1.09 bits per heavy atom. The van der Waals surface area contributed by atoms with E-state index in [9.17, 15) is 4.79 Å². The highest BCUT2D eigenvalue weighted by atomic mass is 79.9. The maximum Gasteiger partial charge on any atom is 0.323 e. The average Bonchev–Trinajstić information content (AvgIpc) is 2.50. The second kappa shape index (κ2) is 7.80. The Labute approximate surface area is 139 Å². The minimum absolute atomic E-state index is 0.263. The number of hydrogen-bond donors (Lipinski definition) is 2. The number of anilines is 1. The SMILES string of the molecule is CC(C)c1ccc(NC(=O)N/C=C/c2ccccc2Br)cc1. The second-order valence-electron chi connectivity index (χ2n) is 5.23. The lowest BCUT2D eigenvalue weighted by molar-refractivity contribution is 0.255. The summed E-state index contributed by atoms with van der Waals surface area (Å²) in [5.41, 5.74) is 3.03. The molecule has 2 aromatic carbocycles. The Hall–Kier alpha value is -2.07. The third-order valence-corrected chi connectivity index (χ3v) is 3.94. The number of rotatable bonds is 4. The van der Waals surface area contributed by atoms with E-state index in [4.69, 9.17) is 0 Å². The first kappa shape index (κ1) is 16.3. The largest absolute Gasteiger partial charge is 0.323 e. The summed E-state index contributed by atoms with van der Waals surface area (Å²) in [5.74, 6) is 0.482. The van der Waals surface area contributed by atoms with E-state index in [0.717, 1.165) is 15.7 Å². The van der Waals surface area contributed by atoms with Gasteiger partial charge in [0.2, 0.25) is 0 Å². The molecule has 0 aliphatic heterocycles. The number of nitrogens with one attached hydrogen (secondary N) is 2. The number of carbonyl (C=O) groups is 1. The smallest absolute Gasteiger partial charge is 0.314 e. The van der Waals surface area contributed by atoms with Crippen molar-refractivity contribution in [1.82, 2.24) is 5.32 Å². The van der Waals surface area contributed by atoms with Gasteiger partial charge in [0.05, 0.1) is 0 Å². The van der Waals surface area contributed by atoms with Crippen LogP contribution < -0.4 is 10.6 Å². The van der Waals surface area contributed by atoms with E-state index in [1.165, 1.54) is 5.56 Å². The van der Waals surface area contributed by atoms with Gasteiger partial charge in [-0.05, 0) is 41.3 Å². The number of hydrogen-bond acceptors (Lipinski definition) is 1. The first-order chi connectivity index (χ1) is 10.6. The van der Waals surface area contributed by atoms with Crippen LogP contribution in [0.15, 0.2) is 59.2 Å². The molecule has 114 valence electrons. The van der Waals surface area contributed by atoms with Gasteiger partial charge in [-0.1, -0.05) is 60.1 Å². The molecular formula is C18H19BrN2O. The Balaban J connectivity index is 1.89. The molecule has 2 amide bonds. The quantitative estimate of drug-likeness (QED) is 0.758. The number of amides is 2. The van der Waals surface area contributed by atoms with Crippen LogP contribution in [0, 0.1) is 0 Å². The predicted molar refractivity (Wildman–Crippen MR) is 95.9 cm³/mol. The van der Waals surface area contributed by atoms with Crippen LogP contribution >= 0.6 is 15.9 Å². The van der Waals surface area contributed by atoms with Gasteiger partial charge in [0.15, 0.2) is 0 Å². The van der Waals surface area contributed by atoms with Crippen molar-refractivity contribution in [3.63, 3.8) is 0 Å². The summed E-state index contributed by atoms with van der Waals surface area (Å²) in [7, 11) is 0. The van der Waals surface area contributed by atoms with Gasteiger partial charge in [-0.15, -0.1) is 0 Å². The molecule has 0 saturated carbocycles. The summed E-state index contributed by atoms with van der Waals surface area (Å²) in [6.07, 6.45) is 3.46. The molecule has 0 fully saturated rings. The van der Waals surface area contributed by atoms with Gasteiger partial charge in [-0.25, -0.2) is 4.79 Å². The molecule has 0 aromatic heterocycles. The average molecular weight is 359 g/mol. The number of carbonyl (C=O) groups excluding carboxylic acids is 1. The van der Waals surface area contributed by atoms with Gasteiger partial charge in [-0.3, -0.25) is 0 Å². The van der Waals surface area contributed by atoms with Crippen LogP contribution in [0.3, 0.4) is 0 Å². The molecule has 2 aromatic rings. The van der Waals surface area contributed by atoms with Crippen LogP contribution in [0.5, 0.6) is 0 Å². The maximum atomic E-state index is 11.8. The molecular weight excluding hydrogens is 340 g/mol. The summed E-state index contributed by atoms with van der Waals surface area (Å²) in [6.45, 7) is 4.28. The Kier molecular flexibility index (Phi) is 5.78. The first-order valence-electron chi connectivity index (χ1n) is 7.15. The molecule has 2 N–H and O–H groups in total. The molecule has 0 bridgehead atoms. The fraction of sp³-hybridized carbons (Fsp3) is 0.167. The molecule has 0 atom stereocenters. The molecule has 0 aliphatic rings. The van der Waals surface area contributed by atoms with Crippen molar-refractivity contribution in [3.05, 3.63) is 70.3 Å². The highest BCUT2D eigenvalue weighted by Gasteiger charge is 2.01. The Bertz CT molecular complexity index is 663. The van der Waals surface area contributed by atoms with Crippen LogP contribution in [0.4, 0.5) is 10.5 Å². The fourth-order valence-corrected chi connectivity index (χ4v) is 2.35. The Morgan fingerprint density at radius 2 is 1.77 bits per heavy atom. The van der Waals surface area contributed by atoms with E-state index in [-0.39, 0.29) is 6.03 Å². The molecule has 22 heavy (non-hydrogen) atoms. The lowest BCUT2D eigenvalue weighted by Gasteiger charge is -2.08. The summed E-state index contributed by atoms with van der Waals surface area (Å²) < 4.78 is 0.984. The van der Waals surface area contributed by atoms with Crippen molar-refractivity contribution in [2.45, 2.75) is 19.8 Å². The predicted octanol–water partition coefficient (Wildman–Crippen LogP) is 5.36. The fourth-order valence-electron chi connectivity index (χ4n) is 1.94. The van der Waals surface area contributed by atoms with Crippen molar-refractivity contribution in [2.75, 3.05) is 5.32 Å². The molecule has 0 heterocycles. The lowest BCUT2D eigenvalue weighted by atomic mass is 10.0. The van der Waals surface area contributed by atoms with E-state index >= 15 is 0 Å². The molecule has 2 rings (SSSR count). The van der Waals surface area contributed by atoms with E-state index in [0.29, 0.717) is 5.92 Å². The highest BCUT2D eigenvalue weighted by Crippen LogP contribution is 2.18. The second-order valence-corrected chi connectivity index (χ2v) is 6.08. The summed E-state index contributed by atoms with van der Waals surface area (Å²) in [5, 5.41) is 5.49. The molecule has 0 saturated heterocycles. The van der Waals surface area contributed by atoms with Crippen LogP contribution in [-0.4, -0.2) is 6.03 Å². The van der Waals surface area contributed by atoms with Crippen LogP contribution in [0.2, 0.25) is 0 Å². The van der Waals surface area contributed by atoms with E-state index in [2.05, 4.69) is 40.4 Å². The third-order valence-electron chi connectivity index (χ3n) is 3.22. The lowest BCUT2D eigenvalue weighted by Crippen LogP contribution is -2.23. The summed E-state index contributed by atoms with van der Waals surface area (Å²) in [6, 6.07) is 15.4. The molecule has 0 aliphatic carbocycles. The highest BCUT2D eigenvalue weighted by molar-refractivity contribution is 9.10. The van der Waals surface area contributed by atoms with Gasteiger partial charge in [0.25, 0.3) is 0 Å². The van der Waals surface area contributed by atoms with Gasteiger partial charge in [0.1, 0.15) is 0 Å². The minimum atomic E-state index is -0.263. The van der Waals surface area contributed by atoms with E-state index in [1.54, 1.807) is 6.20 Å². The summed E-state index contributed by atoms with van der Waals surface area (Å²) >= 11 is 3.46.